The van der Waals surface area contributed by atoms with Gasteiger partial charge < -0.3 is 14.8 Å². The van der Waals surface area contributed by atoms with Gasteiger partial charge in [0, 0.05) is 5.41 Å². The molecule has 130 valence electrons. The highest BCUT2D eigenvalue weighted by molar-refractivity contribution is 5.85. The van der Waals surface area contributed by atoms with Crippen LogP contribution < -0.4 is 10.1 Å². The average Bonchev–Trinajstić information content (AvgIpc) is 2.41. The zero-order valence-corrected chi connectivity index (χ0v) is 13.1. The molecule has 9 heteroatoms. The van der Waals surface area contributed by atoms with E-state index in [0.29, 0.717) is 5.56 Å². The fraction of sp³-hybridized carbons (Fsp3) is 0.500. The lowest BCUT2D eigenvalue weighted by Gasteiger charge is -2.38. The van der Waals surface area contributed by atoms with E-state index in [0.717, 1.165) is 6.07 Å². The molecule has 1 amide bonds. The molecule has 1 aromatic carbocycles. The molecule has 23 heavy (non-hydrogen) atoms. The molecule has 0 spiro atoms. The SMILES string of the molecule is CC1(C)COC(=O)N[C@H]1c1cccc(OC(F)(F)C(F)F)c1.Cl. The number of alkyl carbamates (subject to hydrolysis) is 1. The third-order valence-electron chi connectivity index (χ3n) is 3.32. The number of amides is 1. The first-order chi connectivity index (χ1) is 10.1. The largest absolute Gasteiger partial charge is 0.461 e. The zero-order valence-electron chi connectivity index (χ0n) is 12.3. The standard InChI is InChI=1S/C14H15F4NO3.ClH/c1-13(2)7-21-12(20)19-10(13)8-4-3-5-9(6-8)22-14(17,18)11(15)16;/h3-6,10-11H,7H2,1-2H3,(H,19,20);1H/t10-;/m0./s1. The lowest BCUT2D eigenvalue weighted by Crippen LogP contribution is -2.46. The van der Waals surface area contributed by atoms with Crippen LogP contribution in [0.2, 0.25) is 0 Å². The number of cyclic esters (lactones) is 1. The second-order valence-corrected chi connectivity index (χ2v) is 5.68. The predicted molar refractivity (Wildman–Crippen MR) is 76.3 cm³/mol. The maximum Gasteiger partial charge on any atom is 0.461 e. The lowest BCUT2D eigenvalue weighted by atomic mass is 9.80. The van der Waals surface area contributed by atoms with Crippen molar-refractivity contribution >= 4 is 18.5 Å². The summed E-state index contributed by atoms with van der Waals surface area (Å²) < 4.78 is 59.2. The van der Waals surface area contributed by atoms with Gasteiger partial charge in [-0.1, -0.05) is 26.0 Å². The van der Waals surface area contributed by atoms with Gasteiger partial charge in [0.1, 0.15) is 12.4 Å². The highest BCUT2D eigenvalue weighted by Gasteiger charge is 2.44. The van der Waals surface area contributed by atoms with Crippen LogP contribution in [0.25, 0.3) is 0 Å². The monoisotopic (exact) mass is 357 g/mol. The van der Waals surface area contributed by atoms with E-state index in [1.54, 1.807) is 6.07 Å². The van der Waals surface area contributed by atoms with E-state index in [9.17, 15) is 22.4 Å². The highest BCUT2D eigenvalue weighted by Crippen LogP contribution is 2.38. The first-order valence-electron chi connectivity index (χ1n) is 6.50. The van der Waals surface area contributed by atoms with Crippen molar-refractivity contribution in [3.05, 3.63) is 29.8 Å². The van der Waals surface area contributed by atoms with Gasteiger partial charge in [-0.25, -0.2) is 4.79 Å². The van der Waals surface area contributed by atoms with Gasteiger partial charge in [-0.2, -0.15) is 17.6 Å². The normalized spacial score (nSPS) is 20.3. The Bertz CT molecular complexity index is 569. The summed E-state index contributed by atoms with van der Waals surface area (Å²) in [5.74, 6) is -0.403. The number of hydrogen-bond acceptors (Lipinski definition) is 3. The summed E-state index contributed by atoms with van der Waals surface area (Å²) in [5.41, 5.74) is -0.0400. The van der Waals surface area contributed by atoms with Crippen molar-refractivity contribution < 1.29 is 31.8 Å². The molecule has 1 aromatic rings. The van der Waals surface area contributed by atoms with Crippen LogP contribution in [-0.2, 0) is 4.74 Å². The Balaban J connectivity index is 0.00000264. The molecule has 2 rings (SSSR count). The van der Waals surface area contributed by atoms with Crippen LogP contribution in [0.4, 0.5) is 22.4 Å². The topological polar surface area (TPSA) is 47.6 Å². The summed E-state index contributed by atoms with van der Waals surface area (Å²) >= 11 is 0. The number of rotatable bonds is 4. The van der Waals surface area contributed by atoms with Crippen LogP contribution in [0.15, 0.2) is 24.3 Å². The second-order valence-electron chi connectivity index (χ2n) is 5.68. The fourth-order valence-corrected chi connectivity index (χ4v) is 2.18. The molecule has 1 N–H and O–H groups in total. The first kappa shape index (κ1) is 19.3. The molecule has 1 aliphatic rings. The number of halogens is 5. The maximum atomic E-state index is 13.0. The summed E-state index contributed by atoms with van der Waals surface area (Å²) in [6, 6.07) is 4.81. The third kappa shape index (κ3) is 4.40. The third-order valence-corrected chi connectivity index (χ3v) is 3.32. The minimum atomic E-state index is -4.58. The van der Waals surface area contributed by atoms with Crippen LogP contribution in [-0.4, -0.2) is 25.2 Å². The van der Waals surface area contributed by atoms with E-state index < -0.39 is 35.8 Å². The Morgan fingerprint density at radius 1 is 1.39 bits per heavy atom. The Kier molecular flexibility index (Phi) is 5.74. The van der Waals surface area contributed by atoms with Gasteiger partial charge in [-0.15, -0.1) is 12.4 Å². The Labute approximate surface area is 136 Å². The number of ether oxygens (including phenoxy) is 2. The summed E-state index contributed by atoms with van der Waals surface area (Å²) in [4.78, 5) is 11.4. The lowest BCUT2D eigenvalue weighted by molar-refractivity contribution is -0.253. The molecule has 1 aliphatic heterocycles. The van der Waals surface area contributed by atoms with Gasteiger partial charge in [0.05, 0.1) is 6.04 Å². The molecule has 0 bridgehead atoms. The van der Waals surface area contributed by atoms with Crippen LogP contribution in [0.1, 0.15) is 25.5 Å². The quantitative estimate of drug-likeness (QED) is 0.823. The number of hydrogen-bond donors (Lipinski definition) is 1. The Morgan fingerprint density at radius 3 is 2.65 bits per heavy atom. The summed E-state index contributed by atoms with van der Waals surface area (Å²) in [5, 5.41) is 2.58. The van der Waals surface area contributed by atoms with Crippen molar-refractivity contribution in [3.63, 3.8) is 0 Å². The van der Waals surface area contributed by atoms with E-state index >= 15 is 0 Å². The number of benzene rings is 1. The van der Waals surface area contributed by atoms with Gasteiger partial charge in [0.2, 0.25) is 0 Å². The molecule has 0 radical (unpaired) electrons. The molecule has 4 nitrogen and oxygen atoms in total. The van der Waals surface area contributed by atoms with E-state index in [-0.39, 0.29) is 19.0 Å². The average molecular weight is 358 g/mol. The molecular weight excluding hydrogens is 342 g/mol. The van der Waals surface area contributed by atoms with E-state index in [2.05, 4.69) is 10.1 Å². The van der Waals surface area contributed by atoms with Gasteiger partial charge >= 0.3 is 18.6 Å². The molecule has 1 saturated heterocycles. The maximum absolute atomic E-state index is 13.0. The smallest absolute Gasteiger partial charge is 0.449 e. The van der Waals surface area contributed by atoms with Crippen LogP contribution >= 0.6 is 12.4 Å². The molecular formula is C14H16ClF4NO3. The van der Waals surface area contributed by atoms with E-state index in [4.69, 9.17) is 4.74 Å². The zero-order chi connectivity index (χ0) is 16.5. The van der Waals surface area contributed by atoms with E-state index in [1.807, 2.05) is 13.8 Å². The molecule has 0 aromatic heterocycles. The summed E-state index contributed by atoms with van der Waals surface area (Å²) in [6.45, 7) is 3.78. The molecule has 1 fully saturated rings. The van der Waals surface area contributed by atoms with Crippen molar-refractivity contribution in [2.75, 3.05) is 6.61 Å². The summed E-state index contributed by atoms with van der Waals surface area (Å²) in [6.07, 6.45) is -9.14. The number of nitrogens with one attached hydrogen (secondary N) is 1. The number of carbonyl (C=O) groups excluding carboxylic acids is 1. The predicted octanol–water partition coefficient (Wildman–Crippen LogP) is 4.15. The van der Waals surface area contributed by atoms with Gasteiger partial charge in [0.15, 0.2) is 0 Å². The van der Waals surface area contributed by atoms with Gasteiger partial charge in [-0.3, -0.25) is 0 Å². The van der Waals surface area contributed by atoms with Crippen molar-refractivity contribution in [1.82, 2.24) is 5.32 Å². The van der Waals surface area contributed by atoms with E-state index in [1.165, 1.54) is 12.1 Å². The van der Waals surface area contributed by atoms with Crippen LogP contribution in [0.5, 0.6) is 5.75 Å². The summed E-state index contributed by atoms with van der Waals surface area (Å²) in [7, 11) is 0. The molecule has 0 aliphatic carbocycles. The van der Waals surface area contributed by atoms with Crippen LogP contribution in [0.3, 0.4) is 0 Å². The molecule has 0 unspecified atom stereocenters. The molecule has 1 atom stereocenters. The number of alkyl halides is 4. The second kappa shape index (κ2) is 6.82. The van der Waals surface area contributed by atoms with Gasteiger partial charge in [-0.05, 0) is 17.7 Å². The van der Waals surface area contributed by atoms with Crippen molar-refractivity contribution in [1.29, 1.82) is 0 Å². The Morgan fingerprint density at radius 2 is 2.04 bits per heavy atom. The van der Waals surface area contributed by atoms with Crippen molar-refractivity contribution in [3.8, 4) is 5.75 Å². The van der Waals surface area contributed by atoms with Crippen molar-refractivity contribution in [2.24, 2.45) is 5.41 Å². The van der Waals surface area contributed by atoms with Crippen molar-refractivity contribution in [2.45, 2.75) is 32.4 Å². The highest BCUT2D eigenvalue weighted by atomic mass is 35.5. The van der Waals surface area contributed by atoms with Crippen LogP contribution in [0, 0.1) is 5.41 Å². The minimum Gasteiger partial charge on any atom is -0.449 e. The first-order valence-corrected chi connectivity index (χ1v) is 6.50. The molecule has 0 saturated carbocycles. The van der Waals surface area contributed by atoms with Gasteiger partial charge in [0.25, 0.3) is 0 Å². The Hall–Kier alpha value is -1.70. The minimum absolute atomic E-state index is 0. The fourth-order valence-electron chi connectivity index (χ4n) is 2.18. The number of carbonyl (C=O) groups is 1. The molecule has 1 heterocycles.